The van der Waals surface area contributed by atoms with Gasteiger partial charge in [-0.15, -0.1) is 68.0 Å². The second-order valence-electron chi connectivity index (χ2n) is 29.4. The number of carbonyl (C=O) groups is 4. The van der Waals surface area contributed by atoms with Crippen molar-refractivity contribution in [3.63, 3.8) is 0 Å². The molecule has 6 atom stereocenters. The molecule has 538 valence electrons. The van der Waals surface area contributed by atoms with Crippen LogP contribution in [0.1, 0.15) is 268 Å². The Bertz CT molecular complexity index is 3830. The lowest BCUT2D eigenvalue weighted by molar-refractivity contribution is -0.124. The molecule has 11 rings (SSSR count). The minimum atomic E-state index is -0.0258. The summed E-state index contributed by atoms with van der Waals surface area (Å²) in [7, 11) is 0. The highest BCUT2D eigenvalue weighted by Crippen LogP contribution is 2.55. The summed E-state index contributed by atoms with van der Waals surface area (Å²) in [6.07, 6.45) is 28.5. The van der Waals surface area contributed by atoms with Crippen LogP contribution in [-0.4, -0.2) is 69.4 Å². The molecule has 14 heteroatoms. The molecule has 7 aromatic rings. The Kier molecular flexibility index (Phi) is 27.0. The zero-order chi connectivity index (χ0) is 70.7. The molecule has 4 amide bonds. The molecule has 0 bridgehead atoms. The van der Waals surface area contributed by atoms with Gasteiger partial charge < -0.3 is 19.6 Å². The molecule has 1 aromatic carbocycles. The first-order valence-corrected chi connectivity index (χ1v) is 44.3. The smallest absolute Gasteiger partial charge is 0.261 e. The maximum absolute atomic E-state index is 15.6. The number of thiophene rings is 6. The normalized spacial score (nSPS) is 17.0. The van der Waals surface area contributed by atoms with Crippen molar-refractivity contribution in [3.05, 3.63) is 124 Å². The third kappa shape index (κ3) is 15.7. The standard InChI is InChI=1S/C86H114N4O4S6/c1-13-25-33-55(19-7)47-61-62(48-56(20-8)34-26-14-2)64-50-72(66-42-44-70(98-66)80-76-74(84(92)90(80)54-60(24-12)38-30-18-6)78(68-40-32-46-96-68)88(86(76)94)52-58(22-10)36-28-16-4)100-82(64)81-63(61)49-71(99-81)65-41-43-69(97-65)79-75-73(83(91)89(79)53-59(23-11)37-29-17-5)77(67-39-31-45-95-67)87(85(75)93)51-57(21-9)35-27-15-3/h31-32,39-46,49-50,55-60H,13-30,33-38,47-48,51-54H2,1-12H3. The van der Waals surface area contributed by atoms with Crippen LogP contribution >= 0.6 is 68.0 Å². The molecule has 10 heterocycles. The van der Waals surface area contributed by atoms with Crippen molar-refractivity contribution in [2.75, 3.05) is 26.2 Å². The summed E-state index contributed by atoms with van der Waals surface area (Å²) in [5, 5.41) is 6.92. The van der Waals surface area contributed by atoms with E-state index in [1.807, 2.05) is 42.3 Å². The largest absolute Gasteiger partial charge is 0.306 e. The van der Waals surface area contributed by atoms with Gasteiger partial charge in [0.2, 0.25) is 0 Å². The van der Waals surface area contributed by atoms with E-state index in [1.54, 1.807) is 45.3 Å². The van der Waals surface area contributed by atoms with Gasteiger partial charge in [0.25, 0.3) is 23.6 Å². The van der Waals surface area contributed by atoms with Crippen LogP contribution in [0.3, 0.4) is 0 Å². The first kappa shape index (κ1) is 75.9. The molecule has 4 aliphatic rings. The van der Waals surface area contributed by atoms with Gasteiger partial charge in [-0.2, -0.15) is 0 Å². The molecule has 100 heavy (non-hydrogen) atoms. The van der Waals surface area contributed by atoms with Gasteiger partial charge in [0.1, 0.15) is 0 Å². The summed E-state index contributed by atoms with van der Waals surface area (Å²) < 4.78 is 2.68. The molecule has 0 radical (unpaired) electrons. The molecule has 8 nitrogen and oxygen atoms in total. The molecule has 0 saturated carbocycles. The minimum Gasteiger partial charge on any atom is -0.306 e. The second-order valence-corrected chi connectivity index (χ2v) is 35.6. The van der Waals surface area contributed by atoms with E-state index < -0.39 is 0 Å². The lowest BCUT2D eigenvalue weighted by Crippen LogP contribution is -2.34. The van der Waals surface area contributed by atoms with E-state index in [0.717, 1.165) is 171 Å². The zero-order valence-corrected chi connectivity index (χ0v) is 67.4. The van der Waals surface area contributed by atoms with Crippen molar-refractivity contribution in [1.82, 2.24) is 19.6 Å². The van der Waals surface area contributed by atoms with Gasteiger partial charge in [-0.1, -0.05) is 224 Å². The van der Waals surface area contributed by atoms with Gasteiger partial charge in [0, 0.05) is 45.7 Å². The van der Waals surface area contributed by atoms with Crippen LogP contribution < -0.4 is 0 Å². The number of carbonyl (C=O) groups excluding carboxylic acids is 4. The van der Waals surface area contributed by atoms with Crippen LogP contribution in [0.5, 0.6) is 0 Å². The molecule has 0 fully saturated rings. The average molecular weight is 1460 g/mol. The van der Waals surface area contributed by atoms with Crippen molar-refractivity contribution in [2.24, 2.45) is 35.5 Å². The van der Waals surface area contributed by atoms with Gasteiger partial charge in [0.05, 0.1) is 74.0 Å². The average Bonchev–Trinajstić information content (AvgIpc) is 1.56. The number of hydrogen-bond donors (Lipinski definition) is 0. The molecule has 4 aliphatic heterocycles. The Morgan fingerprint density at radius 3 is 0.840 bits per heavy atom. The van der Waals surface area contributed by atoms with E-state index in [-0.39, 0.29) is 23.6 Å². The summed E-state index contributed by atoms with van der Waals surface area (Å²) in [5.74, 6) is 2.29. The van der Waals surface area contributed by atoms with E-state index in [0.29, 0.717) is 84.0 Å². The maximum Gasteiger partial charge on any atom is 0.261 e. The van der Waals surface area contributed by atoms with E-state index in [9.17, 15) is 0 Å². The number of unbranched alkanes of at least 4 members (excludes halogenated alkanes) is 6. The van der Waals surface area contributed by atoms with Crippen molar-refractivity contribution in [3.8, 4) is 19.5 Å². The maximum atomic E-state index is 15.6. The molecular formula is C86H114N4O4S6. The van der Waals surface area contributed by atoms with E-state index >= 15 is 19.2 Å². The quantitative estimate of drug-likeness (QED) is 0.0382. The van der Waals surface area contributed by atoms with Gasteiger partial charge in [0.15, 0.2) is 0 Å². The summed E-state index contributed by atoms with van der Waals surface area (Å²) in [4.78, 5) is 79.4. The highest BCUT2D eigenvalue weighted by atomic mass is 32.1. The van der Waals surface area contributed by atoms with Crippen LogP contribution in [-0.2, 0) is 32.0 Å². The number of hydrogen-bond acceptors (Lipinski definition) is 10. The fraction of sp³-hybridized carbons (Fsp3) is 0.558. The predicted octanol–water partition coefficient (Wildman–Crippen LogP) is 25.7. The Morgan fingerprint density at radius 1 is 0.310 bits per heavy atom. The lowest BCUT2D eigenvalue weighted by atomic mass is 9.83. The van der Waals surface area contributed by atoms with Gasteiger partial charge in [-0.3, -0.25) is 19.2 Å². The molecule has 0 aliphatic carbocycles. The Hall–Kier alpha value is -5.22. The van der Waals surface area contributed by atoms with Crippen LogP contribution in [0.2, 0.25) is 0 Å². The first-order chi connectivity index (χ1) is 48.8. The van der Waals surface area contributed by atoms with Crippen LogP contribution in [0.25, 0.3) is 62.5 Å². The molecule has 0 saturated heterocycles. The number of benzene rings is 1. The molecule has 6 unspecified atom stereocenters. The predicted molar refractivity (Wildman–Crippen MR) is 434 cm³/mol. The fourth-order valence-electron chi connectivity index (χ4n) is 16.3. The minimum absolute atomic E-state index is 0.0258. The van der Waals surface area contributed by atoms with Crippen molar-refractivity contribution in [1.29, 1.82) is 0 Å². The third-order valence-corrected chi connectivity index (χ3v) is 29.5. The zero-order valence-electron chi connectivity index (χ0n) is 62.5. The molecular weight excluding hydrogens is 1350 g/mol. The first-order valence-electron chi connectivity index (χ1n) is 39.3. The van der Waals surface area contributed by atoms with Crippen LogP contribution in [0.4, 0.5) is 0 Å². The highest BCUT2D eigenvalue weighted by molar-refractivity contribution is 7.32. The van der Waals surface area contributed by atoms with Crippen molar-refractivity contribution >= 4 is 135 Å². The fourth-order valence-corrected chi connectivity index (χ4v) is 22.7. The van der Waals surface area contributed by atoms with E-state index in [4.69, 9.17) is 0 Å². The summed E-state index contributed by atoms with van der Waals surface area (Å²) in [5.41, 5.74) is 8.65. The topological polar surface area (TPSA) is 81.2 Å². The second kappa shape index (κ2) is 35.5. The Morgan fingerprint density at radius 2 is 0.580 bits per heavy atom. The van der Waals surface area contributed by atoms with Crippen LogP contribution in [0, 0.1) is 35.5 Å². The lowest BCUT2D eigenvalue weighted by Gasteiger charge is -2.29. The number of fused-ring (bicyclic) bond motifs is 5. The number of nitrogens with zero attached hydrogens (tertiary/aromatic N) is 4. The van der Waals surface area contributed by atoms with E-state index in [1.165, 1.54) is 89.3 Å². The molecule has 0 N–H and O–H groups in total. The SMILES string of the molecule is CCCCC(CC)Cc1c(CC(CC)CCCC)c2cc(-c3ccc(C4=C5C(=O)N(CC(CC)CCCC)C(c6cccs6)=C5C(=O)N4CC(CC)CCCC)s3)sc2c2sc(-c3ccc(C4=C5C(=O)N(CC(CC)CCCC)C(c6cccs6)=C5C(=O)N4CC(CC)CCCC)s3)cc12. The Labute approximate surface area is 624 Å². The van der Waals surface area contributed by atoms with Gasteiger partial charge >= 0.3 is 0 Å². The van der Waals surface area contributed by atoms with Gasteiger partial charge in [-0.25, -0.2) is 0 Å². The van der Waals surface area contributed by atoms with Crippen molar-refractivity contribution in [2.45, 2.75) is 250 Å². The van der Waals surface area contributed by atoms with Gasteiger partial charge in [-0.05, 0) is 155 Å². The third-order valence-electron chi connectivity index (χ3n) is 22.7. The summed E-state index contributed by atoms with van der Waals surface area (Å²) in [6.45, 7) is 29.9. The Balaban J connectivity index is 1.08. The number of amides is 4. The number of rotatable bonds is 42. The highest BCUT2D eigenvalue weighted by Gasteiger charge is 2.52. The summed E-state index contributed by atoms with van der Waals surface area (Å²) in [6, 6.07) is 22.4. The monoisotopic (exact) mass is 1460 g/mol. The molecule has 6 aromatic heterocycles. The molecule has 0 spiro atoms. The van der Waals surface area contributed by atoms with E-state index in [2.05, 4.69) is 155 Å². The van der Waals surface area contributed by atoms with Crippen molar-refractivity contribution < 1.29 is 19.2 Å². The van der Waals surface area contributed by atoms with Crippen LogP contribution in [0.15, 0.2) is 93.7 Å². The summed E-state index contributed by atoms with van der Waals surface area (Å²) >= 11 is 10.6.